The zero-order chi connectivity index (χ0) is 18.1. The normalized spacial score (nSPS) is 15.0. The van der Waals surface area contributed by atoms with Gasteiger partial charge in [0.25, 0.3) is 0 Å². The van der Waals surface area contributed by atoms with Crippen LogP contribution >= 0.6 is 0 Å². The van der Waals surface area contributed by atoms with Crippen molar-refractivity contribution in [3.8, 4) is 5.75 Å². The molecule has 1 rings (SSSR count). The molecular formula is C12H14F3NO6S. The number of aliphatic hydroxyl groups is 1. The first-order valence-electron chi connectivity index (χ1n) is 6.01. The number of benzene rings is 1. The van der Waals surface area contributed by atoms with Crippen LogP contribution in [0.4, 0.5) is 13.2 Å². The van der Waals surface area contributed by atoms with E-state index in [9.17, 15) is 31.5 Å². The average Bonchev–Trinajstić information content (AvgIpc) is 2.43. The van der Waals surface area contributed by atoms with Gasteiger partial charge in [-0.25, -0.2) is 17.9 Å². The molecule has 0 bridgehead atoms. The standard InChI is InChI=1S/C12H14F3NO6S/c1-11(19,10(17)18)6-16-23(20,21)9-4-7(12(13,14)15)3-8(5-9)22-2/h3-5,16,19H,6H2,1-2H3,(H,17,18). The molecule has 130 valence electrons. The van der Waals surface area contributed by atoms with Gasteiger partial charge in [-0.1, -0.05) is 0 Å². The lowest BCUT2D eigenvalue weighted by Gasteiger charge is -2.19. The molecule has 7 nitrogen and oxygen atoms in total. The minimum absolute atomic E-state index is 0.342. The maximum absolute atomic E-state index is 12.8. The molecule has 3 N–H and O–H groups in total. The highest BCUT2D eigenvalue weighted by Gasteiger charge is 2.35. The summed E-state index contributed by atoms with van der Waals surface area (Å²) in [5, 5.41) is 18.1. The summed E-state index contributed by atoms with van der Waals surface area (Å²) in [6.45, 7) is -0.0895. The van der Waals surface area contributed by atoms with Gasteiger partial charge in [-0.05, 0) is 19.1 Å². The Morgan fingerprint density at radius 2 is 1.87 bits per heavy atom. The fourth-order valence-corrected chi connectivity index (χ4v) is 2.59. The van der Waals surface area contributed by atoms with Crippen molar-refractivity contribution in [3.05, 3.63) is 23.8 Å². The number of hydrogen-bond acceptors (Lipinski definition) is 5. The Morgan fingerprint density at radius 3 is 2.30 bits per heavy atom. The predicted molar refractivity (Wildman–Crippen MR) is 71.4 cm³/mol. The Bertz CT molecular complexity index is 699. The van der Waals surface area contributed by atoms with Crippen LogP contribution in [-0.2, 0) is 21.0 Å². The molecule has 1 unspecified atom stereocenters. The van der Waals surface area contributed by atoms with Gasteiger partial charge in [0, 0.05) is 6.07 Å². The predicted octanol–water partition coefficient (Wildman–Crippen LogP) is 0.828. The summed E-state index contributed by atoms with van der Waals surface area (Å²) in [5.41, 5.74) is -3.67. The largest absolute Gasteiger partial charge is 0.497 e. The molecular weight excluding hydrogens is 343 g/mol. The average molecular weight is 357 g/mol. The number of carboxylic acid groups (broad SMARTS) is 1. The number of carboxylic acids is 1. The Labute approximate surface area is 129 Å². The van der Waals surface area contributed by atoms with Crippen molar-refractivity contribution in [1.82, 2.24) is 4.72 Å². The van der Waals surface area contributed by atoms with Crippen LogP contribution in [0.3, 0.4) is 0 Å². The minimum Gasteiger partial charge on any atom is -0.497 e. The number of methoxy groups -OCH3 is 1. The van der Waals surface area contributed by atoms with Crippen molar-refractivity contribution in [2.45, 2.75) is 23.6 Å². The fraction of sp³-hybridized carbons (Fsp3) is 0.417. The number of carbonyl (C=O) groups is 1. The highest BCUT2D eigenvalue weighted by molar-refractivity contribution is 7.89. The van der Waals surface area contributed by atoms with E-state index in [1.807, 2.05) is 0 Å². The van der Waals surface area contributed by atoms with E-state index >= 15 is 0 Å². The lowest BCUT2D eigenvalue weighted by atomic mass is 10.1. The van der Waals surface area contributed by atoms with Gasteiger partial charge >= 0.3 is 12.1 Å². The molecule has 23 heavy (non-hydrogen) atoms. The second-order valence-electron chi connectivity index (χ2n) is 4.80. The minimum atomic E-state index is -4.80. The van der Waals surface area contributed by atoms with Crippen molar-refractivity contribution in [1.29, 1.82) is 0 Å². The van der Waals surface area contributed by atoms with E-state index in [0.717, 1.165) is 20.1 Å². The number of halogens is 3. The highest BCUT2D eigenvalue weighted by atomic mass is 32.2. The second-order valence-corrected chi connectivity index (χ2v) is 6.57. The summed E-state index contributed by atoms with van der Waals surface area (Å²) in [6, 6.07) is 1.83. The van der Waals surface area contributed by atoms with Crippen LogP contribution in [0.2, 0.25) is 0 Å². The van der Waals surface area contributed by atoms with Gasteiger partial charge in [-0.2, -0.15) is 13.2 Å². The van der Waals surface area contributed by atoms with Gasteiger partial charge in [-0.3, -0.25) is 0 Å². The maximum Gasteiger partial charge on any atom is 0.416 e. The van der Waals surface area contributed by atoms with Crippen LogP contribution in [0.1, 0.15) is 12.5 Å². The number of alkyl halides is 3. The van der Waals surface area contributed by atoms with Gasteiger partial charge in [0.05, 0.1) is 24.1 Å². The van der Waals surface area contributed by atoms with Crippen LogP contribution in [0.25, 0.3) is 0 Å². The fourth-order valence-electron chi connectivity index (χ4n) is 1.40. The van der Waals surface area contributed by atoms with Crippen molar-refractivity contribution in [2.75, 3.05) is 13.7 Å². The third-order valence-corrected chi connectivity index (χ3v) is 4.20. The van der Waals surface area contributed by atoms with Gasteiger partial charge < -0.3 is 14.9 Å². The van der Waals surface area contributed by atoms with Crippen molar-refractivity contribution >= 4 is 16.0 Å². The third kappa shape index (κ3) is 4.81. The molecule has 0 saturated heterocycles. The SMILES string of the molecule is COc1cc(C(F)(F)F)cc(S(=O)(=O)NCC(C)(O)C(=O)O)c1. The topological polar surface area (TPSA) is 113 Å². The lowest BCUT2D eigenvalue weighted by Crippen LogP contribution is -2.46. The number of aliphatic carboxylic acids is 1. The molecule has 1 aromatic carbocycles. The number of nitrogens with one attached hydrogen (secondary N) is 1. The van der Waals surface area contributed by atoms with Crippen LogP contribution in [0, 0.1) is 0 Å². The second kappa shape index (κ2) is 6.34. The highest BCUT2D eigenvalue weighted by Crippen LogP contribution is 2.33. The van der Waals surface area contributed by atoms with Crippen LogP contribution in [0.5, 0.6) is 5.75 Å². The van der Waals surface area contributed by atoms with Crippen molar-refractivity contribution < 1.29 is 41.3 Å². The van der Waals surface area contributed by atoms with E-state index < -0.39 is 44.8 Å². The molecule has 0 spiro atoms. The molecule has 0 aliphatic heterocycles. The molecule has 0 heterocycles. The first kappa shape index (κ1) is 19.2. The third-order valence-electron chi connectivity index (χ3n) is 2.82. The van der Waals surface area contributed by atoms with Gasteiger partial charge in [0.15, 0.2) is 5.60 Å². The van der Waals surface area contributed by atoms with E-state index in [0.29, 0.717) is 12.1 Å². The summed E-state index contributed by atoms with van der Waals surface area (Å²) >= 11 is 0. The van der Waals surface area contributed by atoms with Crippen molar-refractivity contribution in [3.63, 3.8) is 0 Å². The number of sulfonamides is 1. The smallest absolute Gasteiger partial charge is 0.416 e. The Hall–Kier alpha value is -1.85. The monoisotopic (exact) mass is 357 g/mol. The summed E-state index contributed by atoms with van der Waals surface area (Å²) in [7, 11) is -3.43. The molecule has 0 amide bonds. The first-order chi connectivity index (χ1) is 10.3. The molecule has 0 saturated carbocycles. The number of hydrogen-bond donors (Lipinski definition) is 3. The molecule has 0 aromatic heterocycles. The molecule has 0 aliphatic rings. The Balaban J connectivity index is 3.20. The zero-order valence-electron chi connectivity index (χ0n) is 12.0. The van der Waals surface area contributed by atoms with E-state index in [2.05, 4.69) is 4.74 Å². The maximum atomic E-state index is 12.8. The molecule has 0 fully saturated rings. The molecule has 11 heteroatoms. The summed E-state index contributed by atoms with van der Waals surface area (Å²) in [4.78, 5) is 9.93. The van der Waals surface area contributed by atoms with E-state index in [4.69, 9.17) is 5.11 Å². The Morgan fingerprint density at radius 1 is 1.30 bits per heavy atom. The quantitative estimate of drug-likeness (QED) is 0.695. The first-order valence-corrected chi connectivity index (χ1v) is 7.49. The van der Waals surface area contributed by atoms with Crippen molar-refractivity contribution in [2.24, 2.45) is 0 Å². The van der Waals surface area contributed by atoms with Crippen LogP contribution in [0.15, 0.2) is 23.1 Å². The van der Waals surface area contributed by atoms with E-state index in [1.54, 1.807) is 4.72 Å². The number of rotatable bonds is 6. The van der Waals surface area contributed by atoms with Crippen LogP contribution in [-0.4, -0.2) is 43.9 Å². The molecule has 1 aromatic rings. The van der Waals surface area contributed by atoms with Gasteiger partial charge in [0.1, 0.15) is 5.75 Å². The molecule has 0 radical (unpaired) electrons. The van der Waals surface area contributed by atoms with Gasteiger partial charge in [0.2, 0.25) is 10.0 Å². The number of ether oxygens (including phenoxy) is 1. The van der Waals surface area contributed by atoms with Gasteiger partial charge in [-0.15, -0.1) is 0 Å². The summed E-state index contributed by atoms with van der Waals surface area (Å²) in [6.07, 6.45) is -4.80. The lowest BCUT2D eigenvalue weighted by molar-refractivity contribution is -0.155. The zero-order valence-corrected chi connectivity index (χ0v) is 12.8. The molecule has 0 aliphatic carbocycles. The molecule has 1 atom stereocenters. The summed E-state index contributed by atoms with van der Waals surface area (Å²) < 4.78 is 68.7. The Kier molecular flexibility index (Phi) is 5.29. The summed E-state index contributed by atoms with van der Waals surface area (Å²) in [5.74, 6) is -2.04. The van der Waals surface area contributed by atoms with Crippen LogP contribution < -0.4 is 9.46 Å². The van der Waals surface area contributed by atoms with E-state index in [-0.39, 0.29) is 5.75 Å². The van der Waals surface area contributed by atoms with E-state index in [1.165, 1.54) is 0 Å².